The molecule has 10 heteroatoms. The number of carbonyl (C=O) groups is 1. The number of carbonyl (C=O) groups excluding carboxylic acids is 1. The van der Waals surface area contributed by atoms with Gasteiger partial charge in [-0.25, -0.2) is 17.8 Å². The fraction of sp³-hybridized carbons (Fsp3) is 0.167. The summed E-state index contributed by atoms with van der Waals surface area (Å²) < 4.78 is 45.1. The molecule has 0 aliphatic heterocycles. The second-order valence-corrected chi connectivity index (χ2v) is 6.57. The molecule has 0 atom stereocenters. The highest BCUT2D eigenvalue weighted by Gasteiger charge is 2.18. The van der Waals surface area contributed by atoms with Crippen LogP contribution in [-0.2, 0) is 14.8 Å². The van der Waals surface area contributed by atoms with E-state index in [2.05, 4.69) is 15.0 Å². The van der Waals surface area contributed by atoms with Gasteiger partial charge in [-0.3, -0.25) is 9.52 Å². The van der Waals surface area contributed by atoms with Crippen LogP contribution in [0.1, 0.15) is 0 Å². The lowest BCUT2D eigenvalue weighted by Crippen LogP contribution is -2.25. The maximum Gasteiger partial charge on any atom is 0.263 e. The van der Waals surface area contributed by atoms with Gasteiger partial charge in [0.1, 0.15) is 0 Å². The van der Waals surface area contributed by atoms with E-state index in [4.69, 9.17) is 4.74 Å². The van der Waals surface area contributed by atoms with E-state index in [9.17, 15) is 17.6 Å². The maximum absolute atomic E-state index is 13.9. The molecule has 0 aliphatic rings. The van der Waals surface area contributed by atoms with Gasteiger partial charge in [-0.05, 0) is 18.2 Å². The molecule has 118 valence electrons. The van der Waals surface area contributed by atoms with Crippen LogP contribution in [0.3, 0.4) is 0 Å². The van der Waals surface area contributed by atoms with Crippen LogP contribution in [0, 0.1) is 5.82 Å². The van der Waals surface area contributed by atoms with Crippen molar-refractivity contribution >= 4 is 32.4 Å². The standard InChI is InChI=1S/C12H12FN3O4S2/c1-14-11(17)7-20-10-3-2-8(6-9(10)13)22(18,19)16-12-15-4-5-21-12/h2-6H,7H2,1H3,(H,14,17)(H,15,16). The highest BCUT2D eigenvalue weighted by Crippen LogP contribution is 2.23. The van der Waals surface area contributed by atoms with Crippen LogP contribution in [0.25, 0.3) is 0 Å². The molecule has 1 aromatic heterocycles. The summed E-state index contributed by atoms with van der Waals surface area (Å²) in [5.41, 5.74) is 0. The summed E-state index contributed by atoms with van der Waals surface area (Å²) >= 11 is 1.10. The third-order valence-electron chi connectivity index (χ3n) is 2.51. The first-order valence-electron chi connectivity index (χ1n) is 5.97. The molecular formula is C12H12FN3O4S2. The van der Waals surface area contributed by atoms with Crippen LogP contribution >= 0.6 is 11.3 Å². The average Bonchev–Trinajstić information content (AvgIpc) is 2.97. The number of benzene rings is 1. The van der Waals surface area contributed by atoms with Crippen LogP contribution < -0.4 is 14.8 Å². The van der Waals surface area contributed by atoms with Crippen molar-refractivity contribution in [2.45, 2.75) is 4.90 Å². The maximum atomic E-state index is 13.9. The number of nitrogens with one attached hydrogen (secondary N) is 2. The number of nitrogens with zero attached hydrogens (tertiary/aromatic N) is 1. The van der Waals surface area contributed by atoms with Crippen LogP contribution in [-0.4, -0.2) is 33.0 Å². The summed E-state index contributed by atoms with van der Waals surface area (Å²) in [5.74, 6) is -1.52. The van der Waals surface area contributed by atoms with E-state index in [1.54, 1.807) is 5.38 Å². The largest absolute Gasteiger partial charge is 0.481 e. The van der Waals surface area contributed by atoms with E-state index in [1.165, 1.54) is 19.3 Å². The van der Waals surface area contributed by atoms with Gasteiger partial charge < -0.3 is 10.1 Å². The van der Waals surface area contributed by atoms with Crippen molar-refractivity contribution < 1.29 is 22.3 Å². The topological polar surface area (TPSA) is 97.4 Å². The Hall–Kier alpha value is -2.20. The van der Waals surface area contributed by atoms with Crippen LogP contribution in [0.15, 0.2) is 34.7 Å². The number of halogens is 1. The van der Waals surface area contributed by atoms with Crippen LogP contribution in [0.5, 0.6) is 5.75 Å². The van der Waals surface area contributed by atoms with Crippen molar-refractivity contribution in [1.29, 1.82) is 0 Å². The number of sulfonamides is 1. The van der Waals surface area contributed by atoms with Gasteiger partial charge in [0.15, 0.2) is 23.3 Å². The molecule has 1 aromatic carbocycles. The Morgan fingerprint density at radius 2 is 2.23 bits per heavy atom. The molecule has 7 nitrogen and oxygen atoms in total. The first-order valence-corrected chi connectivity index (χ1v) is 8.34. The van der Waals surface area contributed by atoms with Crippen LogP contribution in [0.2, 0.25) is 0 Å². The Kier molecular flexibility index (Phi) is 4.93. The zero-order valence-electron chi connectivity index (χ0n) is 11.4. The molecule has 0 bridgehead atoms. The lowest BCUT2D eigenvalue weighted by atomic mass is 10.3. The van der Waals surface area contributed by atoms with Crippen molar-refractivity contribution in [2.24, 2.45) is 0 Å². The molecule has 2 aromatic rings. The van der Waals surface area contributed by atoms with Crippen molar-refractivity contribution in [2.75, 3.05) is 18.4 Å². The minimum atomic E-state index is -3.94. The number of likely N-dealkylation sites (N-methyl/N-ethyl adjacent to an activating group) is 1. The number of ether oxygens (including phenoxy) is 1. The van der Waals surface area contributed by atoms with E-state index in [1.807, 2.05) is 0 Å². The van der Waals surface area contributed by atoms with E-state index < -0.39 is 21.7 Å². The van der Waals surface area contributed by atoms with Gasteiger partial charge in [-0.2, -0.15) is 0 Å². The smallest absolute Gasteiger partial charge is 0.263 e. The second kappa shape index (κ2) is 6.71. The fourth-order valence-corrected chi connectivity index (χ4v) is 3.23. The lowest BCUT2D eigenvalue weighted by molar-refractivity contribution is -0.122. The summed E-state index contributed by atoms with van der Waals surface area (Å²) in [7, 11) is -2.52. The minimum absolute atomic E-state index is 0.181. The molecule has 1 heterocycles. The van der Waals surface area contributed by atoms with Gasteiger partial charge in [0, 0.05) is 18.6 Å². The van der Waals surface area contributed by atoms with E-state index in [-0.39, 0.29) is 22.4 Å². The highest BCUT2D eigenvalue weighted by atomic mass is 32.2. The number of aromatic nitrogens is 1. The predicted molar refractivity (Wildman–Crippen MR) is 78.9 cm³/mol. The molecule has 2 rings (SSSR count). The van der Waals surface area contributed by atoms with Crippen molar-refractivity contribution in [3.8, 4) is 5.75 Å². The van der Waals surface area contributed by atoms with Gasteiger partial charge in [0.2, 0.25) is 0 Å². The first kappa shape index (κ1) is 16.2. The Bertz CT molecular complexity index is 763. The number of thiazole rings is 1. The number of anilines is 1. The molecule has 0 saturated heterocycles. The SMILES string of the molecule is CNC(=O)COc1ccc(S(=O)(=O)Nc2nccs2)cc1F. The Morgan fingerprint density at radius 1 is 1.45 bits per heavy atom. The van der Waals surface area contributed by atoms with Gasteiger partial charge in [0.25, 0.3) is 15.9 Å². The van der Waals surface area contributed by atoms with E-state index in [0.717, 1.165) is 23.5 Å². The zero-order chi connectivity index (χ0) is 16.2. The molecule has 1 amide bonds. The summed E-state index contributed by atoms with van der Waals surface area (Å²) in [5, 5.41) is 4.10. The number of amides is 1. The van der Waals surface area contributed by atoms with Crippen molar-refractivity contribution in [1.82, 2.24) is 10.3 Å². The lowest BCUT2D eigenvalue weighted by Gasteiger charge is -2.09. The normalized spacial score (nSPS) is 11.0. The molecule has 0 aliphatic carbocycles. The Balaban J connectivity index is 2.16. The second-order valence-electron chi connectivity index (χ2n) is 4.00. The Labute approximate surface area is 130 Å². The third-order valence-corrected chi connectivity index (χ3v) is 4.66. The minimum Gasteiger partial charge on any atom is -0.481 e. The van der Waals surface area contributed by atoms with Gasteiger partial charge in [0.05, 0.1) is 4.90 Å². The molecule has 0 spiro atoms. The zero-order valence-corrected chi connectivity index (χ0v) is 13.0. The summed E-state index contributed by atoms with van der Waals surface area (Å²) in [6.07, 6.45) is 1.44. The number of hydrogen-bond acceptors (Lipinski definition) is 6. The predicted octanol–water partition coefficient (Wildman–Crippen LogP) is 1.21. The Morgan fingerprint density at radius 3 is 2.82 bits per heavy atom. The third kappa shape index (κ3) is 3.92. The average molecular weight is 345 g/mol. The molecule has 0 saturated carbocycles. The van der Waals surface area contributed by atoms with Gasteiger partial charge in [-0.15, -0.1) is 11.3 Å². The molecule has 2 N–H and O–H groups in total. The van der Waals surface area contributed by atoms with Crippen molar-refractivity contribution in [3.05, 3.63) is 35.6 Å². The monoisotopic (exact) mass is 345 g/mol. The highest BCUT2D eigenvalue weighted by molar-refractivity contribution is 7.93. The molecule has 0 radical (unpaired) electrons. The molecular weight excluding hydrogens is 333 g/mol. The fourth-order valence-electron chi connectivity index (χ4n) is 1.43. The molecule has 0 unspecified atom stereocenters. The first-order chi connectivity index (χ1) is 10.4. The number of hydrogen-bond donors (Lipinski definition) is 2. The van der Waals surface area contributed by atoms with E-state index >= 15 is 0 Å². The van der Waals surface area contributed by atoms with Gasteiger partial charge in [-0.1, -0.05) is 0 Å². The van der Waals surface area contributed by atoms with E-state index in [0.29, 0.717) is 0 Å². The quantitative estimate of drug-likeness (QED) is 0.820. The summed E-state index contributed by atoms with van der Waals surface area (Å²) in [6, 6.07) is 3.14. The molecule has 0 fully saturated rings. The molecule has 22 heavy (non-hydrogen) atoms. The summed E-state index contributed by atoms with van der Waals surface area (Å²) in [6.45, 7) is -0.364. The number of rotatable bonds is 6. The summed E-state index contributed by atoms with van der Waals surface area (Å²) in [4.78, 5) is 14.5. The van der Waals surface area contributed by atoms with Crippen molar-refractivity contribution in [3.63, 3.8) is 0 Å². The van der Waals surface area contributed by atoms with Crippen LogP contribution in [0.4, 0.5) is 9.52 Å². The van der Waals surface area contributed by atoms with Gasteiger partial charge >= 0.3 is 0 Å².